The fraction of sp³-hybridized carbons (Fsp3) is 0.667. The van der Waals surface area contributed by atoms with Gasteiger partial charge in [-0.15, -0.1) is 11.8 Å². The summed E-state index contributed by atoms with van der Waals surface area (Å²) in [4.78, 5) is 10.6. The lowest BCUT2D eigenvalue weighted by Gasteiger charge is -2.04. The van der Waals surface area contributed by atoms with Gasteiger partial charge in [0.2, 0.25) is 0 Å². The molecule has 52 valence electrons. The summed E-state index contributed by atoms with van der Waals surface area (Å²) in [6, 6.07) is 0. The van der Waals surface area contributed by atoms with Gasteiger partial charge in [0, 0.05) is 0 Å². The molecule has 0 aromatic rings. The normalized spacial score (nSPS) is 12.8. The van der Waals surface area contributed by atoms with Gasteiger partial charge in [-0.2, -0.15) is 0 Å². The average Bonchev–Trinajstić information content (AvgIpc) is 1.84. The molecule has 0 spiro atoms. The molecule has 0 N–H and O–H groups in total. The van der Waals surface area contributed by atoms with Crippen molar-refractivity contribution in [3.63, 3.8) is 0 Å². The van der Waals surface area contributed by atoms with Crippen molar-refractivity contribution in [2.24, 2.45) is 5.92 Å². The van der Waals surface area contributed by atoms with Crippen molar-refractivity contribution in [1.29, 1.82) is 0 Å². The maximum absolute atomic E-state index is 10.6. The van der Waals surface area contributed by atoms with Crippen molar-refractivity contribution in [2.45, 2.75) is 13.8 Å². The minimum atomic E-state index is -0.0602. The summed E-state index contributed by atoms with van der Waals surface area (Å²) >= 11 is 6.37. The van der Waals surface area contributed by atoms with Crippen LogP contribution in [0.25, 0.3) is 0 Å². The van der Waals surface area contributed by atoms with Gasteiger partial charge < -0.3 is 0 Å². The molecule has 1 nitrogen and oxygen atoms in total. The van der Waals surface area contributed by atoms with E-state index in [0.29, 0.717) is 0 Å². The minimum absolute atomic E-state index is 0.0602. The number of Topliss-reactive ketones (excluding diaryl/α,β-unsaturated/α-hetero) is 1. The second-order valence-electron chi connectivity index (χ2n) is 1.86. The average molecular weight is 162 g/mol. The predicted octanol–water partition coefficient (Wildman–Crippen LogP) is 1.90. The van der Waals surface area contributed by atoms with Gasteiger partial charge >= 0.3 is 0 Å². The molecule has 0 aromatic carbocycles. The Morgan fingerprint density at radius 3 is 2.22 bits per heavy atom. The predicted molar refractivity (Wildman–Crippen MR) is 46.0 cm³/mol. The van der Waals surface area contributed by atoms with Crippen LogP contribution in [0.1, 0.15) is 13.8 Å². The van der Waals surface area contributed by atoms with E-state index in [9.17, 15) is 4.79 Å². The number of hydrogen-bond donors (Lipinski definition) is 0. The van der Waals surface area contributed by atoms with Crippen molar-refractivity contribution in [1.82, 2.24) is 0 Å². The highest BCUT2D eigenvalue weighted by molar-refractivity contribution is 8.22. The van der Waals surface area contributed by atoms with E-state index >= 15 is 0 Å². The Labute approximate surface area is 65.2 Å². The summed E-state index contributed by atoms with van der Waals surface area (Å²) in [5, 5.41) is 0. The van der Waals surface area contributed by atoms with Crippen LogP contribution in [0.4, 0.5) is 0 Å². The Bertz CT molecular complexity index is 131. The first-order valence-corrected chi connectivity index (χ1v) is 4.31. The van der Waals surface area contributed by atoms with Gasteiger partial charge in [-0.3, -0.25) is 4.79 Å². The number of thioether (sulfide) groups is 1. The molecule has 0 aliphatic carbocycles. The first-order chi connectivity index (χ1) is 4.09. The van der Waals surface area contributed by atoms with Crippen LogP contribution in [0.2, 0.25) is 0 Å². The lowest BCUT2D eigenvalue weighted by atomic mass is 10.1. The topological polar surface area (TPSA) is 17.1 Å². The molecule has 0 aliphatic rings. The van der Waals surface area contributed by atoms with Gasteiger partial charge in [0.1, 0.15) is 5.78 Å². The number of ketones is 1. The quantitative estimate of drug-likeness (QED) is 0.577. The van der Waals surface area contributed by atoms with Crippen LogP contribution in [0, 0.1) is 5.92 Å². The molecule has 0 aliphatic heterocycles. The van der Waals surface area contributed by atoms with E-state index in [2.05, 4.69) is 0 Å². The van der Waals surface area contributed by atoms with Gasteiger partial charge in [-0.05, 0) is 13.2 Å². The summed E-state index contributed by atoms with van der Waals surface area (Å²) in [6.07, 6.45) is 1.89. The zero-order valence-electron chi connectivity index (χ0n) is 5.80. The van der Waals surface area contributed by atoms with Crippen LogP contribution in [-0.2, 0) is 4.79 Å². The van der Waals surface area contributed by atoms with Crippen molar-refractivity contribution in [3.8, 4) is 0 Å². The third-order valence-corrected chi connectivity index (χ3v) is 2.77. The molecule has 0 amide bonds. The van der Waals surface area contributed by atoms with E-state index < -0.39 is 0 Å². The fourth-order valence-electron chi connectivity index (χ4n) is 0.343. The third kappa shape index (κ3) is 2.96. The Kier molecular flexibility index (Phi) is 4.06. The Morgan fingerprint density at radius 1 is 1.67 bits per heavy atom. The first-order valence-electron chi connectivity index (χ1n) is 2.68. The standard InChI is InChI=1S/C6H10OS2/c1-4(5(2)7)6(8)9-3/h4H,1-3H3. The molecule has 3 heteroatoms. The van der Waals surface area contributed by atoms with Gasteiger partial charge in [0.25, 0.3) is 0 Å². The minimum Gasteiger partial charge on any atom is -0.299 e. The van der Waals surface area contributed by atoms with Crippen LogP contribution in [0.3, 0.4) is 0 Å². The van der Waals surface area contributed by atoms with E-state index in [-0.39, 0.29) is 11.7 Å². The van der Waals surface area contributed by atoms with E-state index in [0.717, 1.165) is 4.20 Å². The molecular formula is C6H10OS2. The van der Waals surface area contributed by atoms with Gasteiger partial charge in [0.15, 0.2) is 0 Å². The van der Waals surface area contributed by atoms with Crippen LogP contribution in [0.15, 0.2) is 0 Å². The molecule has 0 radical (unpaired) electrons. The van der Waals surface area contributed by atoms with Gasteiger partial charge in [-0.25, -0.2) is 0 Å². The molecule has 9 heavy (non-hydrogen) atoms. The fourth-order valence-corrected chi connectivity index (χ4v) is 1.03. The summed E-state index contributed by atoms with van der Waals surface area (Å²) < 4.78 is 0.780. The van der Waals surface area contributed by atoms with Crippen LogP contribution in [-0.4, -0.2) is 16.2 Å². The molecule has 0 rings (SSSR count). The maximum Gasteiger partial charge on any atom is 0.138 e. The lowest BCUT2D eigenvalue weighted by molar-refractivity contribution is -0.118. The summed E-state index contributed by atoms with van der Waals surface area (Å²) in [7, 11) is 0. The number of thiocarbonyl (C=S) groups is 1. The Balaban J connectivity index is 3.88. The summed E-state index contributed by atoms with van der Waals surface area (Å²) in [6.45, 7) is 3.40. The van der Waals surface area contributed by atoms with Crippen LogP contribution in [0.5, 0.6) is 0 Å². The summed E-state index contributed by atoms with van der Waals surface area (Å²) in [5.41, 5.74) is 0. The lowest BCUT2D eigenvalue weighted by Crippen LogP contribution is -2.12. The van der Waals surface area contributed by atoms with Crippen molar-refractivity contribution in [3.05, 3.63) is 0 Å². The Morgan fingerprint density at radius 2 is 2.11 bits per heavy atom. The second kappa shape index (κ2) is 4.01. The summed E-state index contributed by atoms with van der Waals surface area (Å²) in [5.74, 6) is 0.0874. The molecule has 0 bridgehead atoms. The largest absolute Gasteiger partial charge is 0.299 e. The van der Waals surface area contributed by atoms with Gasteiger partial charge in [-0.1, -0.05) is 19.1 Å². The molecule has 0 saturated carbocycles. The van der Waals surface area contributed by atoms with Crippen LogP contribution < -0.4 is 0 Å². The van der Waals surface area contributed by atoms with Gasteiger partial charge in [0.05, 0.1) is 10.1 Å². The van der Waals surface area contributed by atoms with Crippen molar-refractivity contribution < 1.29 is 4.79 Å². The van der Waals surface area contributed by atoms with Crippen LogP contribution >= 0.6 is 24.0 Å². The van der Waals surface area contributed by atoms with E-state index in [1.165, 1.54) is 11.8 Å². The van der Waals surface area contributed by atoms with E-state index in [1.54, 1.807) is 6.92 Å². The SMILES string of the molecule is CSC(=S)C(C)C(C)=O. The molecule has 0 fully saturated rings. The first kappa shape index (κ1) is 9.11. The molecular weight excluding hydrogens is 152 g/mol. The zero-order chi connectivity index (χ0) is 7.44. The zero-order valence-corrected chi connectivity index (χ0v) is 7.44. The number of rotatable bonds is 2. The molecule has 1 atom stereocenters. The smallest absolute Gasteiger partial charge is 0.138 e. The van der Waals surface area contributed by atoms with E-state index in [1.807, 2.05) is 13.2 Å². The Hall–Kier alpha value is 0.110. The highest BCUT2D eigenvalue weighted by Gasteiger charge is 2.11. The second-order valence-corrected chi connectivity index (χ2v) is 3.40. The van der Waals surface area contributed by atoms with E-state index in [4.69, 9.17) is 12.2 Å². The number of carbonyl (C=O) groups is 1. The molecule has 0 heterocycles. The molecule has 0 aromatic heterocycles. The molecule has 1 unspecified atom stereocenters. The maximum atomic E-state index is 10.6. The molecule has 0 saturated heterocycles. The highest BCUT2D eigenvalue weighted by atomic mass is 32.2. The van der Waals surface area contributed by atoms with Crippen molar-refractivity contribution in [2.75, 3.05) is 6.26 Å². The number of carbonyl (C=O) groups excluding carboxylic acids is 1. The number of hydrogen-bond acceptors (Lipinski definition) is 3. The monoisotopic (exact) mass is 162 g/mol. The van der Waals surface area contributed by atoms with Crippen molar-refractivity contribution >= 4 is 34.0 Å². The highest BCUT2D eigenvalue weighted by Crippen LogP contribution is 2.10. The third-order valence-electron chi connectivity index (χ3n) is 1.16.